The van der Waals surface area contributed by atoms with Gasteiger partial charge in [-0.2, -0.15) is 0 Å². The molecule has 0 amide bonds. The van der Waals surface area contributed by atoms with Crippen molar-refractivity contribution < 1.29 is 14.6 Å². The average molecular weight is 212 g/mol. The van der Waals surface area contributed by atoms with Gasteiger partial charge in [0.1, 0.15) is 6.29 Å². The normalized spacial score (nSPS) is 35.3. The molecule has 15 heavy (non-hydrogen) atoms. The Labute approximate surface area is 90.8 Å². The van der Waals surface area contributed by atoms with Crippen molar-refractivity contribution in [2.45, 2.75) is 50.5 Å². The summed E-state index contributed by atoms with van der Waals surface area (Å²) in [7, 11) is 0. The first-order valence-corrected chi connectivity index (χ1v) is 5.95. The van der Waals surface area contributed by atoms with E-state index >= 15 is 0 Å². The van der Waals surface area contributed by atoms with Crippen LogP contribution in [0.1, 0.15) is 44.9 Å². The fourth-order valence-electron chi connectivity index (χ4n) is 2.94. The number of hydrogen-bond donors (Lipinski definition) is 1. The summed E-state index contributed by atoms with van der Waals surface area (Å²) in [6.07, 6.45) is 7.48. The van der Waals surface area contributed by atoms with Crippen LogP contribution in [-0.2, 0) is 9.53 Å². The minimum absolute atomic E-state index is 0.397. The summed E-state index contributed by atoms with van der Waals surface area (Å²) < 4.78 is 5.30. The molecule has 2 fully saturated rings. The van der Waals surface area contributed by atoms with Crippen LogP contribution in [0.4, 0.5) is 0 Å². The van der Waals surface area contributed by atoms with E-state index in [1.54, 1.807) is 0 Å². The van der Waals surface area contributed by atoms with E-state index < -0.39 is 11.0 Å². The van der Waals surface area contributed by atoms with Gasteiger partial charge in [0, 0.05) is 6.61 Å². The van der Waals surface area contributed by atoms with Crippen LogP contribution in [0.25, 0.3) is 0 Å². The van der Waals surface area contributed by atoms with Crippen molar-refractivity contribution in [3.63, 3.8) is 0 Å². The molecule has 2 rings (SSSR count). The zero-order valence-electron chi connectivity index (χ0n) is 9.21. The van der Waals surface area contributed by atoms with Gasteiger partial charge in [-0.15, -0.1) is 0 Å². The third-order valence-corrected chi connectivity index (χ3v) is 3.85. The fourth-order valence-corrected chi connectivity index (χ4v) is 2.94. The topological polar surface area (TPSA) is 46.5 Å². The number of aliphatic hydroxyl groups is 1. The third-order valence-electron chi connectivity index (χ3n) is 3.85. The summed E-state index contributed by atoms with van der Waals surface area (Å²) in [5.41, 5.74) is -1.00. The van der Waals surface area contributed by atoms with E-state index in [9.17, 15) is 9.90 Å². The molecule has 1 saturated heterocycles. The lowest BCUT2D eigenvalue weighted by Gasteiger charge is -2.37. The number of carbonyl (C=O) groups is 1. The molecule has 0 radical (unpaired) electrons. The van der Waals surface area contributed by atoms with Crippen LogP contribution >= 0.6 is 0 Å². The van der Waals surface area contributed by atoms with Crippen LogP contribution < -0.4 is 0 Å². The number of hydrogen-bond acceptors (Lipinski definition) is 3. The molecule has 1 N–H and O–H groups in total. The first-order valence-electron chi connectivity index (χ1n) is 5.95. The van der Waals surface area contributed by atoms with Crippen molar-refractivity contribution in [2.75, 3.05) is 13.2 Å². The zero-order valence-corrected chi connectivity index (χ0v) is 9.21. The molecule has 3 nitrogen and oxygen atoms in total. The predicted molar refractivity (Wildman–Crippen MR) is 56.6 cm³/mol. The highest BCUT2D eigenvalue weighted by Gasteiger charge is 2.43. The van der Waals surface area contributed by atoms with E-state index in [0.29, 0.717) is 19.6 Å². The fraction of sp³-hybridized carbons (Fsp3) is 0.917. The lowest BCUT2D eigenvalue weighted by Crippen LogP contribution is -2.40. The summed E-state index contributed by atoms with van der Waals surface area (Å²) >= 11 is 0. The van der Waals surface area contributed by atoms with Crippen LogP contribution in [-0.4, -0.2) is 30.2 Å². The first-order chi connectivity index (χ1) is 7.18. The predicted octanol–water partition coefficient (Wildman–Crippen LogP) is 1.68. The van der Waals surface area contributed by atoms with E-state index in [-0.39, 0.29) is 0 Å². The second-order valence-electron chi connectivity index (χ2n) is 5.24. The summed E-state index contributed by atoms with van der Waals surface area (Å²) in [5.74, 6) is 0. The lowest BCUT2D eigenvalue weighted by molar-refractivity contribution is -0.122. The Morgan fingerprint density at radius 1 is 1.20 bits per heavy atom. The molecule has 0 aromatic rings. The molecule has 1 aliphatic carbocycles. The monoisotopic (exact) mass is 212 g/mol. The van der Waals surface area contributed by atoms with Gasteiger partial charge >= 0.3 is 0 Å². The summed E-state index contributed by atoms with van der Waals surface area (Å²) in [5, 5.41) is 10.4. The maximum Gasteiger partial charge on any atom is 0.128 e. The Morgan fingerprint density at radius 2 is 1.93 bits per heavy atom. The van der Waals surface area contributed by atoms with Gasteiger partial charge in [-0.25, -0.2) is 0 Å². The van der Waals surface area contributed by atoms with Gasteiger partial charge in [0.15, 0.2) is 0 Å². The SMILES string of the molecule is O=CC1(CC2(O)CCCCC2)CCOC1. The standard InChI is InChI=1S/C12H20O3/c13-9-11(6-7-15-10-11)8-12(14)4-2-1-3-5-12/h9,14H,1-8,10H2. The third kappa shape index (κ3) is 2.40. The van der Waals surface area contributed by atoms with Crippen molar-refractivity contribution >= 4 is 6.29 Å². The van der Waals surface area contributed by atoms with Crippen molar-refractivity contribution in [1.82, 2.24) is 0 Å². The van der Waals surface area contributed by atoms with E-state index in [2.05, 4.69) is 0 Å². The highest BCUT2D eigenvalue weighted by atomic mass is 16.5. The van der Waals surface area contributed by atoms with Gasteiger partial charge in [-0.1, -0.05) is 19.3 Å². The van der Waals surface area contributed by atoms with Gasteiger partial charge in [-0.3, -0.25) is 0 Å². The number of aldehydes is 1. The molecule has 1 saturated carbocycles. The van der Waals surface area contributed by atoms with Crippen LogP contribution in [0, 0.1) is 5.41 Å². The van der Waals surface area contributed by atoms with E-state index in [4.69, 9.17) is 4.74 Å². The molecule has 0 spiro atoms. The summed E-state index contributed by atoms with van der Waals surface area (Å²) in [6.45, 7) is 1.16. The molecule has 0 bridgehead atoms. The molecular weight excluding hydrogens is 192 g/mol. The van der Waals surface area contributed by atoms with Crippen molar-refractivity contribution in [3.8, 4) is 0 Å². The number of carbonyl (C=O) groups excluding carboxylic acids is 1. The molecule has 1 aliphatic heterocycles. The van der Waals surface area contributed by atoms with Crippen molar-refractivity contribution in [2.24, 2.45) is 5.41 Å². The zero-order chi connectivity index (χ0) is 10.8. The second-order valence-corrected chi connectivity index (χ2v) is 5.24. The molecule has 0 aromatic heterocycles. The van der Waals surface area contributed by atoms with Gasteiger partial charge in [-0.05, 0) is 25.7 Å². The number of rotatable bonds is 3. The van der Waals surface area contributed by atoms with Gasteiger partial charge in [0.2, 0.25) is 0 Å². The van der Waals surface area contributed by atoms with Gasteiger partial charge in [0.25, 0.3) is 0 Å². The lowest BCUT2D eigenvalue weighted by atomic mass is 9.72. The van der Waals surface area contributed by atoms with E-state index in [1.165, 1.54) is 6.42 Å². The van der Waals surface area contributed by atoms with Crippen LogP contribution in [0.3, 0.4) is 0 Å². The molecule has 0 aromatic carbocycles. The Kier molecular flexibility index (Phi) is 3.12. The van der Waals surface area contributed by atoms with Crippen LogP contribution in [0.2, 0.25) is 0 Å². The molecule has 3 heteroatoms. The number of ether oxygens (including phenoxy) is 1. The van der Waals surface area contributed by atoms with Crippen molar-refractivity contribution in [1.29, 1.82) is 0 Å². The minimum atomic E-state index is -0.604. The Balaban J connectivity index is 2.01. The van der Waals surface area contributed by atoms with Crippen LogP contribution in [0.15, 0.2) is 0 Å². The minimum Gasteiger partial charge on any atom is -0.390 e. The Morgan fingerprint density at radius 3 is 2.47 bits per heavy atom. The molecule has 1 unspecified atom stereocenters. The highest BCUT2D eigenvalue weighted by Crippen LogP contribution is 2.41. The molecule has 1 heterocycles. The maximum atomic E-state index is 11.2. The molecular formula is C12H20O3. The maximum absolute atomic E-state index is 11.2. The highest BCUT2D eigenvalue weighted by molar-refractivity contribution is 5.60. The van der Waals surface area contributed by atoms with E-state index in [0.717, 1.165) is 38.4 Å². The molecule has 1 atom stereocenters. The van der Waals surface area contributed by atoms with Gasteiger partial charge in [0.05, 0.1) is 17.6 Å². The largest absolute Gasteiger partial charge is 0.390 e. The quantitative estimate of drug-likeness (QED) is 0.724. The van der Waals surface area contributed by atoms with Crippen molar-refractivity contribution in [3.05, 3.63) is 0 Å². The smallest absolute Gasteiger partial charge is 0.128 e. The molecule has 86 valence electrons. The first kappa shape index (κ1) is 11.1. The summed E-state index contributed by atoms with van der Waals surface area (Å²) in [6, 6.07) is 0. The van der Waals surface area contributed by atoms with E-state index in [1.807, 2.05) is 0 Å². The van der Waals surface area contributed by atoms with Crippen LogP contribution in [0.5, 0.6) is 0 Å². The molecule has 2 aliphatic rings. The van der Waals surface area contributed by atoms with Gasteiger partial charge < -0.3 is 14.6 Å². The Hall–Kier alpha value is -0.410. The summed E-state index contributed by atoms with van der Waals surface area (Å²) in [4.78, 5) is 11.2. The Bertz CT molecular complexity index is 225. The average Bonchev–Trinajstić information content (AvgIpc) is 2.67. The second kappa shape index (κ2) is 4.22.